The van der Waals surface area contributed by atoms with E-state index in [1.807, 2.05) is 0 Å². The number of allylic oxidation sites excluding steroid dienone is 2. The summed E-state index contributed by atoms with van der Waals surface area (Å²) < 4.78 is 0. The van der Waals surface area contributed by atoms with Crippen LogP contribution in [0.5, 0.6) is 0 Å². The summed E-state index contributed by atoms with van der Waals surface area (Å²) in [6.07, 6.45) is 34.2. The minimum Gasteiger partial charge on any atom is -0.147 e. The third-order valence-electron chi connectivity index (χ3n) is 7.11. The molecule has 0 amide bonds. The first-order chi connectivity index (χ1) is 13.6. The third kappa shape index (κ3) is 14.2. The SMILES string of the molecule is CCCC=CCCCCCCP(CCCC)(CCCC)(CCCC)CCCC.Cl. The van der Waals surface area contributed by atoms with Crippen LogP contribution in [-0.2, 0) is 0 Å². The summed E-state index contributed by atoms with van der Waals surface area (Å²) in [5.74, 6) is 0. The van der Waals surface area contributed by atoms with Crippen molar-refractivity contribution in [3.63, 3.8) is 0 Å². The minimum absolute atomic E-state index is 0. The maximum atomic E-state index is 2.43. The largest absolute Gasteiger partial charge is 0.147 e. The van der Waals surface area contributed by atoms with Gasteiger partial charge in [0.15, 0.2) is 0 Å². The van der Waals surface area contributed by atoms with E-state index in [2.05, 4.69) is 46.8 Å². The molecule has 0 spiro atoms. The van der Waals surface area contributed by atoms with Gasteiger partial charge >= 0.3 is 180 Å². The van der Waals surface area contributed by atoms with Crippen molar-refractivity contribution >= 4 is 19.0 Å². The fourth-order valence-corrected chi connectivity index (χ4v) is 13.3. The molecular formula is C27H58ClP. The third-order valence-corrected chi connectivity index (χ3v) is 15.0. The molecule has 0 unspecified atom stereocenters. The van der Waals surface area contributed by atoms with Gasteiger partial charge in [0.05, 0.1) is 0 Å². The smallest absolute Gasteiger partial charge is 0.147 e. The van der Waals surface area contributed by atoms with Crippen LogP contribution in [0, 0.1) is 0 Å². The molecule has 0 fully saturated rings. The second kappa shape index (κ2) is 20.4. The van der Waals surface area contributed by atoms with Crippen molar-refractivity contribution in [2.45, 2.75) is 131 Å². The summed E-state index contributed by atoms with van der Waals surface area (Å²) in [7, 11) is 0. The average Bonchev–Trinajstić information content (AvgIpc) is 2.72. The Kier molecular flexibility index (Phi) is 22.2. The topological polar surface area (TPSA) is 0 Å². The molecule has 0 radical (unpaired) electrons. The van der Waals surface area contributed by atoms with E-state index in [1.165, 1.54) is 96.3 Å². The first-order valence-corrected chi connectivity index (χ1v) is 16.4. The minimum atomic E-state index is -1.52. The Morgan fingerprint density at radius 2 is 0.793 bits per heavy atom. The fourth-order valence-electron chi connectivity index (χ4n) is 5.12. The molecule has 0 aromatic rings. The maximum Gasteiger partial charge on any atom is -0.147 e. The summed E-state index contributed by atoms with van der Waals surface area (Å²) in [5, 5.41) is 0. The molecule has 2 heteroatoms. The molecule has 0 atom stereocenters. The van der Waals surface area contributed by atoms with E-state index < -0.39 is 6.60 Å². The van der Waals surface area contributed by atoms with Gasteiger partial charge in [0.1, 0.15) is 0 Å². The molecule has 29 heavy (non-hydrogen) atoms. The summed E-state index contributed by atoms with van der Waals surface area (Å²) in [6, 6.07) is 0. The van der Waals surface area contributed by atoms with Gasteiger partial charge in [-0.25, -0.2) is 0 Å². The molecule has 0 aliphatic carbocycles. The standard InChI is InChI=1S/C27H57P.ClH/c1-6-11-16-17-18-19-20-21-22-27-28(23-12-7-2,24-13-8-3,25-14-9-4)26-15-10-5;/h16-17H,6-15,18-27H2,1-5H3;1H. The predicted molar refractivity (Wildman–Crippen MR) is 145 cm³/mol. The average molecular weight is 449 g/mol. The van der Waals surface area contributed by atoms with E-state index in [0.717, 1.165) is 0 Å². The zero-order valence-electron chi connectivity index (χ0n) is 21.2. The van der Waals surface area contributed by atoms with Crippen molar-refractivity contribution in [1.29, 1.82) is 0 Å². The van der Waals surface area contributed by atoms with Gasteiger partial charge in [-0.1, -0.05) is 0 Å². The Bertz CT molecular complexity index is 320. The van der Waals surface area contributed by atoms with Crippen LogP contribution in [0.2, 0.25) is 0 Å². The van der Waals surface area contributed by atoms with Gasteiger partial charge in [-0.05, 0) is 0 Å². The molecule has 0 N–H and O–H groups in total. The van der Waals surface area contributed by atoms with Crippen molar-refractivity contribution in [1.82, 2.24) is 0 Å². The van der Waals surface area contributed by atoms with E-state index in [4.69, 9.17) is 0 Å². The number of hydrogen-bond acceptors (Lipinski definition) is 0. The Morgan fingerprint density at radius 1 is 0.414 bits per heavy atom. The van der Waals surface area contributed by atoms with Crippen LogP contribution in [0.15, 0.2) is 12.2 Å². The van der Waals surface area contributed by atoms with Crippen molar-refractivity contribution < 1.29 is 0 Å². The molecular weight excluding hydrogens is 391 g/mol. The van der Waals surface area contributed by atoms with Crippen LogP contribution in [0.1, 0.15) is 131 Å². The van der Waals surface area contributed by atoms with E-state index in [1.54, 1.807) is 30.8 Å². The summed E-state index contributed by atoms with van der Waals surface area (Å²) in [4.78, 5) is 0. The zero-order chi connectivity index (χ0) is 21.0. The molecule has 0 nitrogen and oxygen atoms in total. The van der Waals surface area contributed by atoms with Gasteiger partial charge in [0, 0.05) is 0 Å². The zero-order valence-corrected chi connectivity index (χ0v) is 22.9. The van der Waals surface area contributed by atoms with Gasteiger partial charge in [0.2, 0.25) is 0 Å². The Hall–Kier alpha value is 0.460. The predicted octanol–water partition coefficient (Wildman–Crippen LogP) is 10.5. The van der Waals surface area contributed by atoms with Crippen LogP contribution in [-0.4, -0.2) is 30.8 Å². The van der Waals surface area contributed by atoms with Crippen molar-refractivity contribution in [2.24, 2.45) is 0 Å². The normalized spacial score (nSPS) is 13.3. The number of rotatable bonds is 21. The molecule has 0 rings (SSSR count). The van der Waals surface area contributed by atoms with E-state index in [9.17, 15) is 0 Å². The summed E-state index contributed by atoms with van der Waals surface area (Å²) in [6.45, 7) is 10.4. The number of unbranched alkanes of at least 4 members (excludes halogenated alkanes) is 9. The monoisotopic (exact) mass is 448 g/mol. The molecule has 0 saturated carbocycles. The van der Waals surface area contributed by atoms with Crippen LogP contribution >= 0.6 is 19.0 Å². The second-order valence-corrected chi connectivity index (χ2v) is 16.4. The van der Waals surface area contributed by atoms with E-state index >= 15 is 0 Å². The van der Waals surface area contributed by atoms with Crippen LogP contribution in [0.3, 0.4) is 0 Å². The van der Waals surface area contributed by atoms with Crippen molar-refractivity contribution in [2.75, 3.05) is 30.8 Å². The van der Waals surface area contributed by atoms with Gasteiger partial charge < -0.3 is 0 Å². The first-order valence-electron chi connectivity index (χ1n) is 13.3. The number of halogens is 1. The van der Waals surface area contributed by atoms with Gasteiger partial charge in [0.25, 0.3) is 0 Å². The van der Waals surface area contributed by atoms with Gasteiger partial charge in [-0.15, -0.1) is 12.4 Å². The molecule has 0 aliphatic heterocycles. The molecule has 0 aliphatic rings. The Balaban J connectivity index is 0. The molecule has 0 aromatic heterocycles. The molecule has 0 saturated heterocycles. The maximum absolute atomic E-state index is 2.43. The molecule has 178 valence electrons. The van der Waals surface area contributed by atoms with Crippen molar-refractivity contribution in [3.05, 3.63) is 12.2 Å². The number of hydrogen-bond donors (Lipinski definition) is 0. The van der Waals surface area contributed by atoms with E-state index in [-0.39, 0.29) is 12.4 Å². The van der Waals surface area contributed by atoms with Crippen LogP contribution in [0.4, 0.5) is 0 Å². The fraction of sp³-hybridized carbons (Fsp3) is 0.926. The van der Waals surface area contributed by atoms with Gasteiger partial charge in [-0.2, -0.15) is 0 Å². The Morgan fingerprint density at radius 3 is 1.21 bits per heavy atom. The second-order valence-electron chi connectivity index (χ2n) is 9.73. The summed E-state index contributed by atoms with van der Waals surface area (Å²) >= 11 is 0. The van der Waals surface area contributed by atoms with E-state index in [0.29, 0.717) is 0 Å². The molecule has 0 heterocycles. The Labute approximate surface area is 192 Å². The van der Waals surface area contributed by atoms with Gasteiger partial charge in [-0.3, -0.25) is 0 Å². The van der Waals surface area contributed by atoms with Crippen molar-refractivity contribution in [3.8, 4) is 0 Å². The quantitative estimate of drug-likeness (QED) is 0.0929. The molecule has 0 aromatic carbocycles. The molecule has 0 bridgehead atoms. The first kappa shape index (κ1) is 31.6. The van der Waals surface area contributed by atoms with Crippen LogP contribution in [0.25, 0.3) is 0 Å². The summed E-state index contributed by atoms with van der Waals surface area (Å²) in [5.41, 5.74) is 0. The van der Waals surface area contributed by atoms with Crippen LogP contribution < -0.4 is 0 Å².